The van der Waals surface area contributed by atoms with Gasteiger partial charge in [0.1, 0.15) is 6.10 Å². The van der Waals surface area contributed by atoms with Crippen LogP contribution in [0, 0.1) is 5.92 Å². The number of allylic oxidation sites excluding steroid dienone is 1. The molecule has 0 radical (unpaired) electrons. The third-order valence-corrected chi connectivity index (χ3v) is 6.88. The number of esters is 1. The van der Waals surface area contributed by atoms with E-state index in [1.165, 1.54) is 24.0 Å². The Morgan fingerprint density at radius 2 is 1.94 bits per heavy atom. The van der Waals surface area contributed by atoms with Crippen LogP contribution in [-0.2, 0) is 16.1 Å². The Morgan fingerprint density at radius 3 is 2.68 bits per heavy atom. The highest BCUT2D eigenvalue weighted by atomic mass is 16.5. The van der Waals surface area contributed by atoms with Gasteiger partial charge in [-0.05, 0) is 71.9 Å². The maximum absolute atomic E-state index is 12.1. The number of ether oxygens (including phenoxy) is 2. The van der Waals surface area contributed by atoms with Gasteiger partial charge in [-0.2, -0.15) is 0 Å². The highest BCUT2D eigenvalue weighted by molar-refractivity contribution is 5.97. The van der Waals surface area contributed by atoms with Crippen LogP contribution in [0.4, 0.5) is 0 Å². The fourth-order valence-electron chi connectivity index (χ4n) is 4.89. The van der Waals surface area contributed by atoms with Crippen LogP contribution in [-0.4, -0.2) is 30.9 Å². The maximum atomic E-state index is 12.1. The fourth-order valence-corrected chi connectivity index (χ4v) is 4.89. The summed E-state index contributed by atoms with van der Waals surface area (Å²) in [6, 6.07) is 15.7. The van der Waals surface area contributed by atoms with E-state index in [0.29, 0.717) is 18.1 Å². The molecule has 1 aliphatic heterocycles. The van der Waals surface area contributed by atoms with Gasteiger partial charge in [-0.25, -0.2) is 4.79 Å². The molecule has 4 rings (SSSR count). The second kappa shape index (κ2) is 11.5. The van der Waals surface area contributed by atoms with E-state index in [0.717, 1.165) is 55.2 Å². The summed E-state index contributed by atoms with van der Waals surface area (Å²) in [6.07, 6.45) is 8.27. The molecule has 1 heterocycles. The van der Waals surface area contributed by atoms with Crippen molar-refractivity contribution >= 4 is 5.97 Å². The Hall–Kier alpha value is -2.89. The van der Waals surface area contributed by atoms with Crippen LogP contribution in [0.3, 0.4) is 0 Å². The van der Waals surface area contributed by atoms with Gasteiger partial charge in [0.25, 0.3) is 0 Å². The number of nitrogens with one attached hydrogen (secondary N) is 1. The maximum Gasteiger partial charge on any atom is 0.338 e. The average molecular weight is 462 g/mol. The zero-order valence-electron chi connectivity index (χ0n) is 20.2. The number of hydrogen-bond acceptors (Lipinski definition) is 5. The van der Waals surface area contributed by atoms with Crippen molar-refractivity contribution < 1.29 is 19.4 Å². The molecule has 0 amide bonds. The molecule has 0 saturated carbocycles. The topological polar surface area (TPSA) is 67.8 Å². The van der Waals surface area contributed by atoms with E-state index in [-0.39, 0.29) is 18.7 Å². The molecule has 2 N–H and O–H groups in total. The Balaban J connectivity index is 1.50. The van der Waals surface area contributed by atoms with Gasteiger partial charge in [0, 0.05) is 18.5 Å². The highest BCUT2D eigenvalue weighted by Crippen LogP contribution is 2.37. The Labute approximate surface area is 202 Å². The van der Waals surface area contributed by atoms with Crippen LogP contribution in [0.1, 0.15) is 61.4 Å². The number of hydrogen-bond donors (Lipinski definition) is 2. The molecule has 0 fully saturated rings. The van der Waals surface area contributed by atoms with Gasteiger partial charge < -0.3 is 19.9 Å². The number of aliphatic hydroxyl groups excluding tert-OH is 1. The lowest BCUT2D eigenvalue weighted by Gasteiger charge is -2.36. The molecule has 0 aromatic heterocycles. The van der Waals surface area contributed by atoms with Crippen LogP contribution in [0.5, 0.6) is 0 Å². The fraction of sp³-hybridized carbons (Fsp3) is 0.414. The van der Waals surface area contributed by atoms with E-state index in [4.69, 9.17) is 9.47 Å². The number of unbranched alkanes of at least 4 members (excludes halogenated alkanes) is 1. The second-order valence-corrected chi connectivity index (χ2v) is 9.19. The summed E-state index contributed by atoms with van der Waals surface area (Å²) in [5.74, 6) is -0.0237. The molecule has 180 valence electrons. The molecule has 2 aliphatic rings. The molecule has 2 aromatic carbocycles. The van der Waals surface area contributed by atoms with Gasteiger partial charge in [0.2, 0.25) is 0 Å². The van der Waals surface area contributed by atoms with E-state index in [1.54, 1.807) is 6.07 Å². The lowest BCUT2D eigenvalue weighted by molar-refractivity contribution is 0.0601. The van der Waals surface area contributed by atoms with Crippen LogP contribution >= 0.6 is 0 Å². The predicted octanol–water partition coefficient (Wildman–Crippen LogP) is 5.75. The number of benzene rings is 2. The lowest BCUT2D eigenvalue weighted by atomic mass is 9.80. The van der Waals surface area contributed by atoms with Gasteiger partial charge >= 0.3 is 5.97 Å². The Morgan fingerprint density at radius 1 is 1.15 bits per heavy atom. The van der Waals surface area contributed by atoms with Crippen molar-refractivity contribution in [2.75, 3.05) is 13.7 Å². The van der Waals surface area contributed by atoms with Gasteiger partial charge in [-0.15, -0.1) is 0 Å². The summed E-state index contributed by atoms with van der Waals surface area (Å²) in [7, 11) is 1.40. The molecule has 1 aliphatic carbocycles. The largest absolute Gasteiger partial charge is 0.465 e. The van der Waals surface area contributed by atoms with Crippen molar-refractivity contribution in [1.29, 1.82) is 0 Å². The van der Waals surface area contributed by atoms with Crippen molar-refractivity contribution in [2.24, 2.45) is 5.92 Å². The summed E-state index contributed by atoms with van der Waals surface area (Å²) < 4.78 is 11.5. The molecule has 5 nitrogen and oxygen atoms in total. The summed E-state index contributed by atoms with van der Waals surface area (Å²) in [5, 5.41) is 13.3. The molecular formula is C29H35NO4. The molecule has 2 atom stereocenters. The summed E-state index contributed by atoms with van der Waals surface area (Å²) in [4.78, 5) is 12.1. The first kappa shape index (κ1) is 24.2. The minimum atomic E-state index is -0.335. The first-order chi connectivity index (χ1) is 16.6. The molecule has 2 aromatic rings. The highest BCUT2D eigenvalue weighted by Gasteiger charge is 2.31. The number of carbonyl (C=O) groups is 1. The van der Waals surface area contributed by atoms with Crippen molar-refractivity contribution in [3.05, 3.63) is 82.7 Å². The van der Waals surface area contributed by atoms with Crippen molar-refractivity contribution in [2.45, 2.75) is 58.2 Å². The predicted molar refractivity (Wildman–Crippen MR) is 134 cm³/mol. The zero-order valence-corrected chi connectivity index (χ0v) is 20.2. The van der Waals surface area contributed by atoms with Crippen LogP contribution in [0.2, 0.25) is 0 Å². The van der Waals surface area contributed by atoms with Crippen LogP contribution in [0.15, 0.2) is 71.6 Å². The van der Waals surface area contributed by atoms with Gasteiger partial charge in [-0.1, -0.05) is 55.8 Å². The number of methoxy groups -OCH3 is 1. The molecule has 0 spiro atoms. The number of carbonyl (C=O) groups excluding carboxylic acids is 1. The van der Waals surface area contributed by atoms with E-state index in [1.807, 2.05) is 30.3 Å². The standard InChI is InChI=1S/C29H35NO4/c1-3-4-7-23-17-30-27-15-12-21(18-31)16-26(27)28(23)34-19-20-10-13-22(14-11-20)24-8-5-6-9-25(24)29(32)33-2/h5-6,8-11,13-14,17,21,28,30-31H,3-4,7,12,15-16,18-19H2,1-2H3. The Bertz CT molecular complexity index is 1050. The third-order valence-electron chi connectivity index (χ3n) is 6.88. The summed E-state index contributed by atoms with van der Waals surface area (Å²) in [6.45, 7) is 2.94. The van der Waals surface area contributed by atoms with Gasteiger partial charge in [-0.3, -0.25) is 0 Å². The van der Waals surface area contributed by atoms with Crippen molar-refractivity contribution in [1.82, 2.24) is 5.32 Å². The molecule has 5 heteroatoms. The number of rotatable bonds is 9. The first-order valence-electron chi connectivity index (χ1n) is 12.3. The normalized spacial score (nSPS) is 19.8. The molecule has 2 unspecified atom stereocenters. The third kappa shape index (κ3) is 5.43. The Kier molecular flexibility index (Phi) is 8.20. The lowest BCUT2D eigenvalue weighted by Crippen LogP contribution is -2.33. The monoisotopic (exact) mass is 461 g/mol. The van der Waals surface area contributed by atoms with Crippen molar-refractivity contribution in [3.8, 4) is 11.1 Å². The molecule has 0 bridgehead atoms. The number of dihydropyridines is 1. The zero-order chi connectivity index (χ0) is 23.9. The second-order valence-electron chi connectivity index (χ2n) is 9.19. The van der Waals surface area contributed by atoms with Crippen molar-refractivity contribution in [3.63, 3.8) is 0 Å². The van der Waals surface area contributed by atoms with E-state index in [2.05, 4.69) is 30.6 Å². The molecule has 34 heavy (non-hydrogen) atoms. The van der Waals surface area contributed by atoms with E-state index in [9.17, 15) is 9.90 Å². The summed E-state index contributed by atoms with van der Waals surface area (Å²) >= 11 is 0. The van der Waals surface area contributed by atoms with Crippen LogP contribution in [0.25, 0.3) is 11.1 Å². The van der Waals surface area contributed by atoms with E-state index >= 15 is 0 Å². The molecule has 0 saturated heterocycles. The smallest absolute Gasteiger partial charge is 0.338 e. The summed E-state index contributed by atoms with van der Waals surface area (Å²) in [5.41, 5.74) is 7.35. The van der Waals surface area contributed by atoms with Gasteiger partial charge in [0.05, 0.1) is 19.3 Å². The SMILES string of the molecule is CCCCC1=CNC2=C(CC(CO)CC2)C1OCc1ccc(-c2ccccc2C(=O)OC)cc1. The quantitative estimate of drug-likeness (QED) is 0.466. The number of aliphatic hydroxyl groups is 1. The minimum Gasteiger partial charge on any atom is -0.465 e. The van der Waals surface area contributed by atoms with Crippen LogP contribution < -0.4 is 5.32 Å². The minimum absolute atomic E-state index is 0.0307. The van der Waals surface area contributed by atoms with E-state index < -0.39 is 0 Å². The average Bonchev–Trinajstić information content (AvgIpc) is 2.90. The first-order valence-corrected chi connectivity index (χ1v) is 12.3. The molecular weight excluding hydrogens is 426 g/mol. The van der Waals surface area contributed by atoms with Gasteiger partial charge in [0.15, 0.2) is 0 Å².